The number of hydrogen-bond donors (Lipinski definition) is 2. The quantitative estimate of drug-likeness (QED) is 0.853. The molecule has 0 bridgehead atoms. The third-order valence-electron chi connectivity index (χ3n) is 2.88. The van der Waals surface area contributed by atoms with Crippen molar-refractivity contribution in [3.63, 3.8) is 0 Å². The Labute approximate surface area is 127 Å². The van der Waals surface area contributed by atoms with Crippen LogP contribution in [0.2, 0.25) is 5.02 Å². The van der Waals surface area contributed by atoms with E-state index in [1.54, 1.807) is 30.3 Å². The summed E-state index contributed by atoms with van der Waals surface area (Å²) in [7, 11) is 0. The zero-order valence-corrected chi connectivity index (χ0v) is 12.4. The molecule has 0 aromatic heterocycles. The maximum Gasteiger partial charge on any atom is 0.257 e. The second kappa shape index (κ2) is 6.03. The average Bonchev–Trinajstić information content (AvgIpc) is 2.42. The van der Waals surface area contributed by atoms with Gasteiger partial charge in [-0.1, -0.05) is 48.1 Å². The first-order valence-electron chi connectivity index (χ1n) is 5.96. The lowest BCUT2D eigenvalue weighted by Gasteiger charge is -2.11. The fourth-order valence-electron chi connectivity index (χ4n) is 1.82. The maximum absolute atomic E-state index is 12.3. The van der Waals surface area contributed by atoms with Gasteiger partial charge in [-0.3, -0.25) is 4.79 Å². The summed E-state index contributed by atoms with van der Waals surface area (Å²) in [5.74, 6) is -0.289. The molecule has 2 aromatic rings. The lowest BCUT2D eigenvalue weighted by molar-refractivity contribution is 0.102. The molecule has 0 radical (unpaired) electrons. The molecule has 0 fully saturated rings. The van der Waals surface area contributed by atoms with E-state index >= 15 is 0 Å². The first kappa shape index (κ1) is 14.5. The number of carbonyl (C=O) groups excluding carboxylic acids is 1. The van der Waals surface area contributed by atoms with Gasteiger partial charge in [0, 0.05) is 5.56 Å². The topological polar surface area (TPSA) is 55.1 Å². The molecule has 0 aliphatic rings. The van der Waals surface area contributed by atoms with E-state index in [4.69, 9.17) is 29.6 Å². The number of amides is 1. The summed E-state index contributed by atoms with van der Waals surface area (Å²) in [5, 5.41) is 3.23. The maximum atomic E-state index is 12.3. The molecule has 0 unspecified atom stereocenters. The van der Waals surface area contributed by atoms with Gasteiger partial charge in [0.25, 0.3) is 5.91 Å². The van der Waals surface area contributed by atoms with Crippen molar-refractivity contribution in [2.75, 3.05) is 5.32 Å². The summed E-state index contributed by atoms with van der Waals surface area (Å²) in [6.45, 7) is 1.85. The van der Waals surface area contributed by atoms with Crippen LogP contribution in [0.15, 0.2) is 42.5 Å². The molecule has 102 valence electrons. The predicted octanol–water partition coefficient (Wildman–Crippen LogP) is 3.53. The molecule has 5 heteroatoms. The Morgan fingerprint density at radius 3 is 2.50 bits per heavy atom. The molecule has 0 spiro atoms. The number of thiocarbonyl (C=S) groups is 1. The summed E-state index contributed by atoms with van der Waals surface area (Å²) < 4.78 is 0. The van der Waals surface area contributed by atoms with Crippen LogP contribution in [0.5, 0.6) is 0 Å². The second-order valence-corrected chi connectivity index (χ2v) is 5.12. The first-order valence-corrected chi connectivity index (χ1v) is 6.74. The molecule has 0 heterocycles. The van der Waals surface area contributed by atoms with Crippen molar-refractivity contribution < 1.29 is 4.79 Å². The minimum Gasteiger partial charge on any atom is -0.389 e. The van der Waals surface area contributed by atoms with Gasteiger partial charge in [-0.2, -0.15) is 0 Å². The molecule has 3 nitrogen and oxygen atoms in total. The van der Waals surface area contributed by atoms with Crippen LogP contribution in [0.1, 0.15) is 21.5 Å². The fourth-order valence-corrected chi connectivity index (χ4v) is 2.21. The van der Waals surface area contributed by atoms with E-state index in [0.717, 1.165) is 5.56 Å². The van der Waals surface area contributed by atoms with Crippen molar-refractivity contribution in [3.8, 4) is 0 Å². The molecule has 2 rings (SSSR count). The third kappa shape index (κ3) is 2.98. The van der Waals surface area contributed by atoms with E-state index < -0.39 is 0 Å². The van der Waals surface area contributed by atoms with Gasteiger partial charge in [0.05, 0.1) is 16.3 Å². The minimum absolute atomic E-state index is 0.233. The monoisotopic (exact) mass is 304 g/mol. The van der Waals surface area contributed by atoms with Crippen molar-refractivity contribution >= 4 is 40.4 Å². The number of anilines is 1. The molecule has 1 amide bonds. The fraction of sp³-hybridized carbons (Fsp3) is 0.0667. The van der Waals surface area contributed by atoms with Crippen LogP contribution in [0, 0.1) is 6.92 Å². The van der Waals surface area contributed by atoms with Gasteiger partial charge in [-0.05, 0) is 30.7 Å². The molecule has 0 saturated heterocycles. The second-order valence-electron chi connectivity index (χ2n) is 4.30. The molecular formula is C15H13ClN2OS. The van der Waals surface area contributed by atoms with E-state index in [9.17, 15) is 4.79 Å². The van der Waals surface area contributed by atoms with Gasteiger partial charge in [-0.25, -0.2) is 0 Å². The number of nitrogens with two attached hydrogens (primary N) is 1. The van der Waals surface area contributed by atoms with E-state index in [1.807, 2.05) is 19.1 Å². The van der Waals surface area contributed by atoms with Gasteiger partial charge in [0.2, 0.25) is 0 Å². The van der Waals surface area contributed by atoms with Gasteiger partial charge in [-0.15, -0.1) is 0 Å². The van der Waals surface area contributed by atoms with Crippen LogP contribution in [0.25, 0.3) is 0 Å². The molecule has 2 aromatic carbocycles. The van der Waals surface area contributed by atoms with Gasteiger partial charge >= 0.3 is 0 Å². The van der Waals surface area contributed by atoms with Crippen LogP contribution in [0.3, 0.4) is 0 Å². The van der Waals surface area contributed by atoms with Crippen molar-refractivity contribution in [3.05, 3.63) is 64.2 Å². The predicted molar refractivity (Wildman–Crippen MR) is 86.5 cm³/mol. The summed E-state index contributed by atoms with van der Waals surface area (Å²) in [4.78, 5) is 12.5. The van der Waals surface area contributed by atoms with E-state index in [-0.39, 0.29) is 10.9 Å². The summed E-state index contributed by atoms with van der Waals surface area (Å²) in [6, 6.07) is 12.4. The molecule has 0 aliphatic carbocycles. The Bertz CT molecular complexity index is 685. The number of nitrogens with one attached hydrogen (secondary N) is 1. The highest BCUT2D eigenvalue weighted by Crippen LogP contribution is 2.22. The number of halogens is 1. The highest BCUT2D eigenvalue weighted by atomic mass is 35.5. The Hall–Kier alpha value is -1.91. The molecule has 0 aliphatic heterocycles. The number of para-hydroxylation sites is 1. The summed E-state index contributed by atoms with van der Waals surface area (Å²) in [6.07, 6.45) is 0. The van der Waals surface area contributed by atoms with Crippen LogP contribution >= 0.6 is 23.8 Å². The van der Waals surface area contributed by atoms with Gasteiger partial charge in [0.1, 0.15) is 4.99 Å². The number of benzene rings is 2. The zero-order chi connectivity index (χ0) is 14.7. The Kier molecular flexibility index (Phi) is 4.37. The molecule has 20 heavy (non-hydrogen) atoms. The van der Waals surface area contributed by atoms with Crippen LogP contribution in [0.4, 0.5) is 5.69 Å². The first-order chi connectivity index (χ1) is 9.50. The normalized spacial score (nSPS) is 10.1. The SMILES string of the molecule is Cc1cccc(C(=O)Nc2ccccc2C(N)=S)c1Cl. The Morgan fingerprint density at radius 2 is 1.80 bits per heavy atom. The number of aryl methyl sites for hydroxylation is 1. The smallest absolute Gasteiger partial charge is 0.257 e. The lowest BCUT2D eigenvalue weighted by atomic mass is 10.1. The van der Waals surface area contributed by atoms with Gasteiger partial charge in [0.15, 0.2) is 0 Å². The van der Waals surface area contributed by atoms with Crippen molar-refractivity contribution in [2.24, 2.45) is 5.73 Å². The molecule has 3 N–H and O–H groups in total. The van der Waals surface area contributed by atoms with E-state index in [2.05, 4.69) is 5.32 Å². The highest BCUT2D eigenvalue weighted by Gasteiger charge is 2.14. The van der Waals surface area contributed by atoms with Crippen LogP contribution in [-0.2, 0) is 0 Å². The summed E-state index contributed by atoms with van der Waals surface area (Å²) >= 11 is 11.1. The van der Waals surface area contributed by atoms with Crippen molar-refractivity contribution in [1.82, 2.24) is 0 Å². The van der Waals surface area contributed by atoms with E-state index in [0.29, 0.717) is 21.8 Å². The minimum atomic E-state index is -0.289. The number of rotatable bonds is 3. The van der Waals surface area contributed by atoms with Crippen LogP contribution < -0.4 is 11.1 Å². The average molecular weight is 305 g/mol. The number of carbonyl (C=O) groups is 1. The molecule has 0 atom stereocenters. The molecular weight excluding hydrogens is 292 g/mol. The van der Waals surface area contributed by atoms with Crippen molar-refractivity contribution in [1.29, 1.82) is 0 Å². The highest BCUT2D eigenvalue weighted by molar-refractivity contribution is 7.80. The Morgan fingerprint density at radius 1 is 1.15 bits per heavy atom. The van der Waals surface area contributed by atoms with Crippen LogP contribution in [-0.4, -0.2) is 10.9 Å². The van der Waals surface area contributed by atoms with Crippen molar-refractivity contribution in [2.45, 2.75) is 6.92 Å². The van der Waals surface area contributed by atoms with E-state index in [1.165, 1.54) is 0 Å². The Balaban J connectivity index is 2.33. The third-order valence-corrected chi connectivity index (χ3v) is 3.60. The standard InChI is InChI=1S/C15H13ClN2OS/c1-9-5-4-7-11(13(9)16)15(19)18-12-8-3-2-6-10(12)14(17)20/h2-8H,1H3,(H2,17,20)(H,18,19). The largest absolute Gasteiger partial charge is 0.389 e. The lowest BCUT2D eigenvalue weighted by Crippen LogP contribution is -2.18. The molecule has 0 saturated carbocycles. The summed E-state index contributed by atoms with van der Waals surface area (Å²) in [5.41, 5.74) is 8.10. The number of hydrogen-bond acceptors (Lipinski definition) is 2. The van der Waals surface area contributed by atoms with Gasteiger partial charge < -0.3 is 11.1 Å². The zero-order valence-electron chi connectivity index (χ0n) is 10.8.